The van der Waals surface area contributed by atoms with Crippen molar-refractivity contribution in [3.63, 3.8) is 0 Å². The van der Waals surface area contributed by atoms with Crippen molar-refractivity contribution in [2.45, 2.75) is 46.5 Å². The first-order valence-electron chi connectivity index (χ1n) is 6.49. The van der Waals surface area contributed by atoms with Crippen LogP contribution >= 0.6 is 0 Å². The summed E-state index contributed by atoms with van der Waals surface area (Å²) in [6.07, 6.45) is 3.74. The Balaban J connectivity index is 3.07. The van der Waals surface area contributed by atoms with Gasteiger partial charge < -0.3 is 10.1 Å². The number of carbonyl (C=O) groups excluding carboxylic acids is 1. The van der Waals surface area contributed by atoms with Crippen LogP contribution in [0, 0.1) is 5.92 Å². The highest BCUT2D eigenvalue weighted by molar-refractivity contribution is 5.80. The van der Waals surface area contributed by atoms with E-state index in [1.165, 1.54) is 0 Å². The molecule has 0 saturated carbocycles. The van der Waals surface area contributed by atoms with E-state index in [0.717, 1.165) is 45.6 Å². The van der Waals surface area contributed by atoms with Crippen molar-refractivity contribution in [2.75, 3.05) is 26.3 Å². The number of ether oxygens (including phenoxy) is 1. The van der Waals surface area contributed by atoms with E-state index < -0.39 is 0 Å². The van der Waals surface area contributed by atoms with Crippen LogP contribution in [0.2, 0.25) is 0 Å². The Kier molecular flexibility index (Phi) is 10.8. The highest BCUT2D eigenvalue weighted by Gasteiger charge is 2.05. The number of carbonyl (C=O) groups is 1. The standard InChI is InChI=1S/C13H27NO2/c1-4-14-9-7-11-16-10-6-5-8-13(15)12(2)3/h12,14H,4-11H2,1-3H3. The Morgan fingerprint density at radius 2 is 1.88 bits per heavy atom. The predicted molar refractivity (Wildman–Crippen MR) is 67.7 cm³/mol. The molecule has 0 aromatic heterocycles. The Labute approximate surface area is 99.9 Å². The molecular weight excluding hydrogens is 202 g/mol. The number of rotatable bonds is 11. The summed E-state index contributed by atoms with van der Waals surface area (Å²) in [4.78, 5) is 11.3. The van der Waals surface area contributed by atoms with Crippen molar-refractivity contribution in [2.24, 2.45) is 5.92 Å². The van der Waals surface area contributed by atoms with Crippen LogP contribution in [0.3, 0.4) is 0 Å². The Hall–Kier alpha value is -0.410. The molecule has 0 saturated heterocycles. The average Bonchev–Trinajstić information content (AvgIpc) is 2.26. The molecule has 0 rings (SSSR count). The molecule has 0 aromatic carbocycles. The fraction of sp³-hybridized carbons (Fsp3) is 0.923. The predicted octanol–water partition coefficient (Wildman–Crippen LogP) is 2.40. The normalized spacial score (nSPS) is 11.0. The van der Waals surface area contributed by atoms with E-state index >= 15 is 0 Å². The largest absolute Gasteiger partial charge is 0.381 e. The summed E-state index contributed by atoms with van der Waals surface area (Å²) in [6, 6.07) is 0. The number of unbranched alkanes of at least 4 members (excludes halogenated alkanes) is 1. The molecule has 3 heteroatoms. The minimum atomic E-state index is 0.182. The average molecular weight is 229 g/mol. The van der Waals surface area contributed by atoms with Gasteiger partial charge >= 0.3 is 0 Å². The Morgan fingerprint density at radius 3 is 2.50 bits per heavy atom. The molecule has 0 aliphatic heterocycles. The molecule has 0 bridgehead atoms. The van der Waals surface area contributed by atoms with Crippen LogP contribution in [0.4, 0.5) is 0 Å². The maximum absolute atomic E-state index is 11.3. The topological polar surface area (TPSA) is 38.3 Å². The van der Waals surface area contributed by atoms with Gasteiger partial charge in [-0.25, -0.2) is 0 Å². The van der Waals surface area contributed by atoms with Gasteiger partial charge in [-0.1, -0.05) is 20.8 Å². The van der Waals surface area contributed by atoms with Crippen LogP contribution in [0.25, 0.3) is 0 Å². The van der Waals surface area contributed by atoms with E-state index in [0.29, 0.717) is 12.2 Å². The molecule has 0 amide bonds. The third kappa shape index (κ3) is 10.1. The lowest BCUT2D eigenvalue weighted by Gasteiger charge is -2.05. The molecule has 0 aliphatic carbocycles. The highest BCUT2D eigenvalue weighted by Crippen LogP contribution is 2.04. The van der Waals surface area contributed by atoms with Crippen LogP contribution in [0.1, 0.15) is 46.5 Å². The number of hydrogen-bond acceptors (Lipinski definition) is 3. The third-order valence-electron chi connectivity index (χ3n) is 2.50. The molecule has 0 unspecified atom stereocenters. The molecule has 0 spiro atoms. The molecular formula is C13H27NO2. The smallest absolute Gasteiger partial charge is 0.135 e. The zero-order valence-corrected chi connectivity index (χ0v) is 11.1. The van der Waals surface area contributed by atoms with Crippen molar-refractivity contribution in [3.8, 4) is 0 Å². The lowest BCUT2D eigenvalue weighted by atomic mass is 10.0. The summed E-state index contributed by atoms with van der Waals surface area (Å²) in [5.74, 6) is 0.549. The molecule has 0 aromatic rings. The van der Waals surface area contributed by atoms with E-state index in [2.05, 4.69) is 12.2 Å². The van der Waals surface area contributed by atoms with E-state index in [1.54, 1.807) is 0 Å². The van der Waals surface area contributed by atoms with Gasteiger partial charge in [-0.3, -0.25) is 4.79 Å². The zero-order valence-electron chi connectivity index (χ0n) is 11.1. The maximum atomic E-state index is 11.3. The van der Waals surface area contributed by atoms with Crippen LogP contribution in [0.5, 0.6) is 0 Å². The second kappa shape index (κ2) is 11.1. The Bertz CT molecular complexity index is 169. The van der Waals surface area contributed by atoms with Gasteiger partial charge in [-0.15, -0.1) is 0 Å². The maximum Gasteiger partial charge on any atom is 0.135 e. The first-order valence-corrected chi connectivity index (χ1v) is 6.49. The Morgan fingerprint density at radius 1 is 1.19 bits per heavy atom. The van der Waals surface area contributed by atoms with Gasteiger partial charge in [-0.05, 0) is 32.4 Å². The van der Waals surface area contributed by atoms with Gasteiger partial charge in [-0.2, -0.15) is 0 Å². The van der Waals surface area contributed by atoms with Crippen LogP contribution in [0.15, 0.2) is 0 Å². The van der Waals surface area contributed by atoms with Gasteiger partial charge in [0.1, 0.15) is 5.78 Å². The molecule has 0 heterocycles. The van der Waals surface area contributed by atoms with Gasteiger partial charge in [0.2, 0.25) is 0 Å². The molecule has 1 N–H and O–H groups in total. The lowest BCUT2D eigenvalue weighted by molar-refractivity contribution is -0.122. The fourth-order valence-electron chi connectivity index (χ4n) is 1.37. The summed E-state index contributed by atoms with van der Waals surface area (Å²) >= 11 is 0. The van der Waals surface area contributed by atoms with E-state index in [-0.39, 0.29) is 5.92 Å². The fourth-order valence-corrected chi connectivity index (χ4v) is 1.37. The summed E-state index contributed by atoms with van der Waals surface area (Å²) in [7, 11) is 0. The van der Waals surface area contributed by atoms with Gasteiger partial charge in [0.05, 0.1) is 0 Å². The molecule has 0 atom stereocenters. The van der Waals surface area contributed by atoms with Crippen molar-refractivity contribution >= 4 is 5.78 Å². The molecule has 96 valence electrons. The second-order valence-electron chi connectivity index (χ2n) is 4.40. The monoisotopic (exact) mass is 229 g/mol. The molecule has 16 heavy (non-hydrogen) atoms. The highest BCUT2D eigenvalue weighted by atomic mass is 16.5. The molecule has 0 radical (unpaired) electrons. The SMILES string of the molecule is CCNCCCOCCCCC(=O)C(C)C. The summed E-state index contributed by atoms with van der Waals surface area (Å²) in [5.41, 5.74) is 0. The summed E-state index contributed by atoms with van der Waals surface area (Å²) in [5, 5.41) is 3.25. The number of Topliss-reactive ketones (excluding diaryl/α,β-unsaturated/α-hetero) is 1. The quantitative estimate of drug-likeness (QED) is 0.553. The molecule has 0 aliphatic rings. The van der Waals surface area contributed by atoms with Crippen LogP contribution in [-0.4, -0.2) is 32.1 Å². The van der Waals surface area contributed by atoms with Crippen molar-refractivity contribution in [1.82, 2.24) is 5.32 Å². The van der Waals surface area contributed by atoms with E-state index in [9.17, 15) is 4.79 Å². The van der Waals surface area contributed by atoms with Gasteiger partial charge in [0.15, 0.2) is 0 Å². The van der Waals surface area contributed by atoms with Gasteiger partial charge in [0, 0.05) is 25.6 Å². The van der Waals surface area contributed by atoms with Crippen molar-refractivity contribution in [3.05, 3.63) is 0 Å². The second-order valence-corrected chi connectivity index (χ2v) is 4.40. The van der Waals surface area contributed by atoms with Gasteiger partial charge in [0.25, 0.3) is 0 Å². The zero-order chi connectivity index (χ0) is 12.2. The first-order chi connectivity index (χ1) is 7.68. The van der Waals surface area contributed by atoms with Crippen LogP contribution in [-0.2, 0) is 9.53 Å². The third-order valence-corrected chi connectivity index (χ3v) is 2.50. The summed E-state index contributed by atoms with van der Waals surface area (Å²) in [6.45, 7) is 9.69. The minimum Gasteiger partial charge on any atom is -0.381 e. The van der Waals surface area contributed by atoms with Crippen LogP contribution < -0.4 is 5.32 Å². The first kappa shape index (κ1) is 15.6. The molecule has 0 fully saturated rings. The van der Waals surface area contributed by atoms with E-state index in [4.69, 9.17) is 4.74 Å². The summed E-state index contributed by atoms with van der Waals surface area (Å²) < 4.78 is 5.47. The minimum absolute atomic E-state index is 0.182. The number of ketones is 1. The van der Waals surface area contributed by atoms with E-state index in [1.807, 2.05) is 13.8 Å². The molecule has 3 nitrogen and oxygen atoms in total. The lowest BCUT2D eigenvalue weighted by Crippen LogP contribution is -2.15. The van der Waals surface area contributed by atoms with Crippen molar-refractivity contribution in [1.29, 1.82) is 0 Å². The number of hydrogen-bond donors (Lipinski definition) is 1. The van der Waals surface area contributed by atoms with Crippen molar-refractivity contribution < 1.29 is 9.53 Å². The number of nitrogens with one attached hydrogen (secondary N) is 1.